The minimum atomic E-state index is -0.377. The largest absolute Gasteiger partial charge is 0.508 e. The number of fused-ring (bicyclic) bond motifs is 1. The Morgan fingerprint density at radius 2 is 1.97 bits per heavy atom. The Balaban J connectivity index is 1.81. The summed E-state index contributed by atoms with van der Waals surface area (Å²) < 4.78 is 4.67. The van der Waals surface area contributed by atoms with E-state index in [9.17, 15) is 9.90 Å². The third-order valence-corrected chi connectivity index (χ3v) is 6.80. The highest BCUT2D eigenvalue weighted by Crippen LogP contribution is 2.45. The summed E-state index contributed by atoms with van der Waals surface area (Å²) >= 11 is 1.76. The second-order valence-electron chi connectivity index (χ2n) is 7.66. The molecular weight excluding hydrogens is 394 g/mol. The van der Waals surface area contributed by atoms with Crippen LogP contribution < -0.4 is 4.90 Å². The van der Waals surface area contributed by atoms with E-state index in [1.165, 1.54) is 34.9 Å². The fourth-order valence-electron chi connectivity index (χ4n) is 4.35. The molecule has 0 fully saturated rings. The maximum Gasteiger partial charge on any atom is 0.330 e. The van der Waals surface area contributed by atoms with Gasteiger partial charge in [-0.05, 0) is 72.2 Å². The molecule has 1 aliphatic heterocycles. The molecule has 4 nitrogen and oxygen atoms in total. The van der Waals surface area contributed by atoms with E-state index in [1.54, 1.807) is 23.5 Å². The van der Waals surface area contributed by atoms with Crippen LogP contribution in [0, 0.1) is 6.92 Å². The summed E-state index contributed by atoms with van der Waals surface area (Å²) in [6.07, 6.45) is 4.07. The van der Waals surface area contributed by atoms with E-state index in [2.05, 4.69) is 47.1 Å². The van der Waals surface area contributed by atoms with Crippen molar-refractivity contribution in [2.45, 2.75) is 25.8 Å². The Morgan fingerprint density at radius 1 is 1.20 bits per heavy atom. The molecule has 3 aromatic rings. The van der Waals surface area contributed by atoms with Crippen LogP contribution in [-0.4, -0.2) is 24.7 Å². The summed E-state index contributed by atoms with van der Waals surface area (Å²) in [6, 6.07) is 16.2. The molecule has 0 saturated carbocycles. The number of anilines is 1. The van der Waals surface area contributed by atoms with E-state index in [-0.39, 0.29) is 11.5 Å². The molecule has 154 valence electrons. The molecule has 1 aromatic heterocycles. The first kappa shape index (κ1) is 20.2. The van der Waals surface area contributed by atoms with Crippen LogP contribution in [0.25, 0.3) is 6.08 Å². The summed E-state index contributed by atoms with van der Waals surface area (Å²) in [5.74, 6) is -0.0641. The lowest BCUT2D eigenvalue weighted by Gasteiger charge is -2.48. The lowest BCUT2D eigenvalue weighted by atomic mass is 9.76. The molecule has 2 heterocycles. The van der Waals surface area contributed by atoms with Crippen molar-refractivity contribution in [3.05, 3.63) is 87.1 Å². The van der Waals surface area contributed by atoms with Gasteiger partial charge in [-0.2, -0.15) is 0 Å². The molecule has 30 heavy (non-hydrogen) atoms. The van der Waals surface area contributed by atoms with Crippen molar-refractivity contribution in [3.63, 3.8) is 0 Å². The number of phenols is 1. The van der Waals surface area contributed by atoms with Crippen molar-refractivity contribution in [3.8, 4) is 5.75 Å². The second kappa shape index (κ2) is 8.00. The van der Waals surface area contributed by atoms with Crippen LogP contribution >= 0.6 is 11.3 Å². The molecule has 1 unspecified atom stereocenters. The number of carbonyl (C=O) groups excluding carboxylic acids is 1. The SMILES string of the molecule is COC(=O)C=Cc1ccc(C2(C)c3ccc(O)cc3CCN2c2ccsc2C)cc1. The lowest BCUT2D eigenvalue weighted by molar-refractivity contribution is -0.134. The van der Waals surface area contributed by atoms with Gasteiger partial charge in [0, 0.05) is 17.5 Å². The van der Waals surface area contributed by atoms with Crippen LogP contribution in [-0.2, 0) is 21.5 Å². The molecule has 1 aliphatic rings. The molecule has 4 rings (SSSR count). The highest BCUT2D eigenvalue weighted by molar-refractivity contribution is 7.10. The zero-order valence-corrected chi connectivity index (χ0v) is 18.2. The normalized spacial score (nSPS) is 18.4. The number of carbonyl (C=O) groups is 1. The zero-order valence-electron chi connectivity index (χ0n) is 17.4. The third-order valence-electron chi connectivity index (χ3n) is 5.97. The predicted octanol–water partition coefficient (Wildman–Crippen LogP) is 5.27. The molecule has 0 amide bonds. The number of benzene rings is 2. The first-order valence-electron chi connectivity index (χ1n) is 9.94. The van der Waals surface area contributed by atoms with Gasteiger partial charge in [-0.25, -0.2) is 4.79 Å². The summed E-state index contributed by atoms with van der Waals surface area (Å²) in [5.41, 5.74) is 5.35. The fraction of sp³-hybridized carbons (Fsp3) is 0.240. The van der Waals surface area contributed by atoms with Crippen LogP contribution in [0.2, 0.25) is 0 Å². The Bertz CT molecular complexity index is 1100. The average molecular weight is 420 g/mol. The van der Waals surface area contributed by atoms with Gasteiger partial charge in [0.1, 0.15) is 5.75 Å². The van der Waals surface area contributed by atoms with E-state index in [1.807, 2.05) is 24.3 Å². The number of thiophene rings is 1. The maximum atomic E-state index is 11.4. The third kappa shape index (κ3) is 3.50. The van der Waals surface area contributed by atoms with E-state index in [4.69, 9.17) is 0 Å². The van der Waals surface area contributed by atoms with E-state index < -0.39 is 0 Å². The summed E-state index contributed by atoms with van der Waals surface area (Å²) in [5, 5.41) is 12.2. The molecule has 5 heteroatoms. The highest BCUT2D eigenvalue weighted by atomic mass is 32.1. The number of nitrogens with zero attached hydrogens (tertiary/aromatic N) is 1. The predicted molar refractivity (Wildman–Crippen MR) is 122 cm³/mol. The van der Waals surface area contributed by atoms with Gasteiger partial charge in [0.15, 0.2) is 0 Å². The molecule has 0 aliphatic carbocycles. The van der Waals surface area contributed by atoms with Crippen molar-refractivity contribution >= 4 is 29.1 Å². The number of aromatic hydroxyl groups is 1. The number of hydrogen-bond donors (Lipinski definition) is 1. The monoisotopic (exact) mass is 419 g/mol. The van der Waals surface area contributed by atoms with Crippen LogP contribution in [0.3, 0.4) is 0 Å². The van der Waals surface area contributed by atoms with Crippen molar-refractivity contribution in [1.29, 1.82) is 0 Å². The quantitative estimate of drug-likeness (QED) is 0.462. The number of phenolic OH excluding ortho intramolecular Hbond substituents is 1. The first-order chi connectivity index (χ1) is 14.4. The molecule has 0 spiro atoms. The van der Waals surface area contributed by atoms with Gasteiger partial charge >= 0.3 is 5.97 Å². The Labute approximate surface area is 181 Å². The maximum absolute atomic E-state index is 11.4. The first-order valence-corrected chi connectivity index (χ1v) is 10.8. The molecule has 1 atom stereocenters. The van der Waals surface area contributed by atoms with Crippen LogP contribution in [0.4, 0.5) is 5.69 Å². The smallest absolute Gasteiger partial charge is 0.330 e. The minimum absolute atomic E-state index is 0.305. The van der Waals surface area contributed by atoms with Crippen LogP contribution in [0.5, 0.6) is 5.75 Å². The standard InChI is InChI=1S/C25H25NO3S/c1-17-23(13-15-30-17)26-14-12-19-16-21(27)9-10-22(19)25(26,2)20-7-4-18(5-8-20)6-11-24(28)29-3/h4-11,13,15-16,27H,12,14H2,1-3H3. The lowest BCUT2D eigenvalue weighted by Crippen LogP contribution is -2.49. The highest BCUT2D eigenvalue weighted by Gasteiger charge is 2.41. The molecular formula is C25H25NO3S. The summed E-state index contributed by atoms with van der Waals surface area (Å²) in [4.78, 5) is 15.1. The van der Waals surface area contributed by atoms with Gasteiger partial charge < -0.3 is 14.7 Å². The number of hydrogen-bond acceptors (Lipinski definition) is 5. The van der Waals surface area contributed by atoms with Crippen molar-refractivity contribution in [1.82, 2.24) is 0 Å². The van der Waals surface area contributed by atoms with E-state index in [0.717, 1.165) is 24.1 Å². The van der Waals surface area contributed by atoms with Crippen LogP contribution in [0.1, 0.15) is 34.1 Å². The van der Waals surface area contributed by atoms with Gasteiger partial charge in [0.05, 0.1) is 18.3 Å². The molecule has 0 bridgehead atoms. The second-order valence-corrected chi connectivity index (χ2v) is 8.78. The molecule has 0 radical (unpaired) electrons. The fourth-order valence-corrected chi connectivity index (χ4v) is 5.05. The minimum Gasteiger partial charge on any atom is -0.508 e. The van der Waals surface area contributed by atoms with Crippen molar-refractivity contribution in [2.24, 2.45) is 0 Å². The summed E-state index contributed by atoms with van der Waals surface area (Å²) in [6.45, 7) is 5.28. The van der Waals surface area contributed by atoms with Gasteiger partial charge in [-0.3, -0.25) is 0 Å². The topological polar surface area (TPSA) is 49.8 Å². The van der Waals surface area contributed by atoms with E-state index in [0.29, 0.717) is 5.75 Å². The van der Waals surface area contributed by atoms with Crippen molar-refractivity contribution in [2.75, 3.05) is 18.6 Å². The summed E-state index contributed by atoms with van der Waals surface area (Å²) in [7, 11) is 1.37. The Kier molecular flexibility index (Phi) is 5.39. The van der Waals surface area contributed by atoms with Crippen molar-refractivity contribution < 1.29 is 14.6 Å². The number of ether oxygens (including phenoxy) is 1. The molecule has 2 aromatic carbocycles. The number of methoxy groups -OCH3 is 1. The van der Waals surface area contributed by atoms with Gasteiger partial charge in [0.2, 0.25) is 0 Å². The Hall–Kier alpha value is -3.05. The number of rotatable bonds is 4. The van der Waals surface area contributed by atoms with Crippen LogP contribution in [0.15, 0.2) is 60.0 Å². The number of esters is 1. The van der Waals surface area contributed by atoms with E-state index >= 15 is 0 Å². The average Bonchev–Trinajstić information content (AvgIpc) is 3.17. The molecule has 1 N–H and O–H groups in total. The molecule has 0 saturated heterocycles. The number of aryl methyl sites for hydroxylation is 1. The van der Waals surface area contributed by atoms with Gasteiger partial charge in [-0.1, -0.05) is 30.3 Å². The van der Waals surface area contributed by atoms with Gasteiger partial charge in [0.25, 0.3) is 0 Å². The Morgan fingerprint density at radius 3 is 2.63 bits per heavy atom. The zero-order chi connectivity index (χ0) is 21.3. The van der Waals surface area contributed by atoms with Gasteiger partial charge in [-0.15, -0.1) is 11.3 Å².